The van der Waals surface area contributed by atoms with Gasteiger partial charge in [0, 0.05) is 37.4 Å². The first-order valence-electron chi connectivity index (χ1n) is 7.98. The van der Waals surface area contributed by atoms with Crippen molar-refractivity contribution >= 4 is 17.3 Å². The Morgan fingerprint density at radius 2 is 2.13 bits per heavy atom. The molecule has 0 aliphatic carbocycles. The van der Waals surface area contributed by atoms with Gasteiger partial charge in [0.2, 0.25) is 5.89 Å². The Morgan fingerprint density at radius 1 is 1.30 bits per heavy atom. The van der Waals surface area contributed by atoms with Crippen molar-refractivity contribution in [2.45, 2.75) is 39.0 Å². The second-order valence-corrected chi connectivity index (χ2v) is 6.59. The van der Waals surface area contributed by atoms with E-state index in [2.05, 4.69) is 57.1 Å². The van der Waals surface area contributed by atoms with E-state index in [0.717, 1.165) is 44.1 Å². The molecule has 0 atom stereocenters. The molecule has 0 unspecified atom stereocenters. The summed E-state index contributed by atoms with van der Waals surface area (Å²) in [6.07, 6.45) is 2.71. The molecule has 0 saturated heterocycles. The molecule has 2 aromatic heterocycles. The molecule has 0 bridgehead atoms. The van der Waals surface area contributed by atoms with Gasteiger partial charge < -0.3 is 15.2 Å². The highest BCUT2D eigenvalue weighted by Crippen LogP contribution is 2.10. The summed E-state index contributed by atoms with van der Waals surface area (Å²) in [5.74, 6) is 2.61. The maximum absolute atomic E-state index is 5.23. The van der Waals surface area contributed by atoms with Gasteiger partial charge in [-0.25, -0.2) is 0 Å². The molecule has 0 aromatic carbocycles. The Morgan fingerprint density at radius 3 is 2.78 bits per heavy atom. The van der Waals surface area contributed by atoms with Gasteiger partial charge in [-0.2, -0.15) is 4.98 Å². The third kappa shape index (κ3) is 6.02. The van der Waals surface area contributed by atoms with Crippen molar-refractivity contribution in [1.82, 2.24) is 20.8 Å². The van der Waals surface area contributed by atoms with Crippen LogP contribution in [-0.4, -0.2) is 36.2 Å². The SMILES string of the molecule is CN=C(NCCCc1nc(C(C)C)no1)NCCc1cccs1. The van der Waals surface area contributed by atoms with Crippen LogP contribution in [0.3, 0.4) is 0 Å². The predicted molar refractivity (Wildman–Crippen MR) is 94.1 cm³/mol. The zero-order valence-corrected chi connectivity index (χ0v) is 14.8. The number of nitrogens with zero attached hydrogens (tertiary/aromatic N) is 3. The van der Waals surface area contributed by atoms with Crippen molar-refractivity contribution in [2.75, 3.05) is 20.1 Å². The lowest BCUT2D eigenvalue weighted by Crippen LogP contribution is -2.38. The summed E-state index contributed by atoms with van der Waals surface area (Å²) in [7, 11) is 1.79. The van der Waals surface area contributed by atoms with E-state index in [1.807, 2.05) is 0 Å². The topological polar surface area (TPSA) is 75.3 Å². The smallest absolute Gasteiger partial charge is 0.226 e. The summed E-state index contributed by atoms with van der Waals surface area (Å²) < 4.78 is 5.23. The lowest BCUT2D eigenvalue weighted by molar-refractivity contribution is 0.368. The van der Waals surface area contributed by atoms with E-state index in [9.17, 15) is 0 Å². The van der Waals surface area contributed by atoms with Crippen LogP contribution in [0.1, 0.15) is 42.8 Å². The molecule has 0 radical (unpaired) electrons. The van der Waals surface area contributed by atoms with Gasteiger partial charge in [0.15, 0.2) is 11.8 Å². The highest BCUT2D eigenvalue weighted by molar-refractivity contribution is 7.09. The van der Waals surface area contributed by atoms with Crippen molar-refractivity contribution in [2.24, 2.45) is 4.99 Å². The lowest BCUT2D eigenvalue weighted by Gasteiger charge is -2.10. The van der Waals surface area contributed by atoms with Gasteiger partial charge in [-0.15, -0.1) is 11.3 Å². The maximum atomic E-state index is 5.23. The lowest BCUT2D eigenvalue weighted by atomic mass is 10.2. The molecule has 0 saturated carbocycles. The molecule has 2 N–H and O–H groups in total. The van der Waals surface area contributed by atoms with Crippen LogP contribution in [-0.2, 0) is 12.8 Å². The van der Waals surface area contributed by atoms with Crippen LogP contribution in [0.5, 0.6) is 0 Å². The third-order valence-electron chi connectivity index (χ3n) is 3.33. The van der Waals surface area contributed by atoms with Gasteiger partial charge in [-0.05, 0) is 24.3 Å². The molecule has 0 spiro atoms. The second kappa shape index (κ2) is 9.29. The second-order valence-electron chi connectivity index (χ2n) is 5.56. The average Bonchev–Trinajstić information content (AvgIpc) is 3.21. The Kier molecular flexibility index (Phi) is 7.06. The number of guanidine groups is 1. The Hall–Kier alpha value is -1.89. The Bertz CT molecular complexity index is 591. The number of aliphatic imine (C=N–C) groups is 1. The van der Waals surface area contributed by atoms with Gasteiger partial charge in [0.1, 0.15) is 0 Å². The van der Waals surface area contributed by atoms with Crippen LogP contribution in [0.4, 0.5) is 0 Å². The minimum absolute atomic E-state index is 0.303. The fraction of sp³-hybridized carbons (Fsp3) is 0.562. The summed E-state index contributed by atoms with van der Waals surface area (Å²) in [5, 5.41) is 12.7. The quantitative estimate of drug-likeness (QED) is 0.440. The number of aryl methyl sites for hydroxylation is 1. The van der Waals surface area contributed by atoms with E-state index in [0.29, 0.717) is 11.8 Å². The summed E-state index contributed by atoms with van der Waals surface area (Å²) in [4.78, 5) is 9.98. The molecule has 0 amide bonds. The number of thiophene rings is 1. The fourth-order valence-electron chi connectivity index (χ4n) is 2.03. The van der Waals surface area contributed by atoms with E-state index in [4.69, 9.17) is 4.52 Å². The van der Waals surface area contributed by atoms with Gasteiger partial charge >= 0.3 is 0 Å². The third-order valence-corrected chi connectivity index (χ3v) is 4.26. The van der Waals surface area contributed by atoms with Crippen molar-refractivity contribution in [3.05, 3.63) is 34.1 Å². The molecule has 0 aliphatic heterocycles. The Balaban J connectivity index is 1.61. The first-order chi connectivity index (χ1) is 11.2. The van der Waals surface area contributed by atoms with Crippen LogP contribution in [0, 0.1) is 0 Å². The number of aromatic nitrogens is 2. The molecular formula is C16H25N5OS. The minimum atomic E-state index is 0.303. The molecule has 126 valence electrons. The zero-order chi connectivity index (χ0) is 16.5. The molecule has 6 nitrogen and oxygen atoms in total. The van der Waals surface area contributed by atoms with Gasteiger partial charge in [0.05, 0.1) is 0 Å². The van der Waals surface area contributed by atoms with Crippen LogP contribution in [0.2, 0.25) is 0 Å². The highest BCUT2D eigenvalue weighted by Gasteiger charge is 2.09. The largest absolute Gasteiger partial charge is 0.356 e. The van der Waals surface area contributed by atoms with E-state index in [-0.39, 0.29) is 0 Å². The van der Waals surface area contributed by atoms with E-state index in [1.165, 1.54) is 4.88 Å². The molecule has 23 heavy (non-hydrogen) atoms. The number of rotatable bonds is 8. The van der Waals surface area contributed by atoms with Crippen LogP contribution >= 0.6 is 11.3 Å². The van der Waals surface area contributed by atoms with E-state index in [1.54, 1.807) is 18.4 Å². The number of hydrogen-bond donors (Lipinski definition) is 2. The van der Waals surface area contributed by atoms with Crippen molar-refractivity contribution in [1.29, 1.82) is 0 Å². The summed E-state index contributed by atoms with van der Waals surface area (Å²) in [6.45, 7) is 5.81. The standard InChI is InChI=1S/C16H25N5OS/c1-12(2)15-20-14(22-21-15)7-4-9-18-16(17-3)19-10-8-13-6-5-11-23-13/h5-6,11-12H,4,7-10H2,1-3H3,(H2,17,18,19). The molecule has 0 fully saturated rings. The summed E-state index contributed by atoms with van der Waals surface area (Å²) in [6, 6.07) is 4.23. The Labute approximate surface area is 141 Å². The molecule has 2 heterocycles. The first kappa shape index (κ1) is 17.5. The monoisotopic (exact) mass is 335 g/mol. The molecule has 2 rings (SSSR count). The fourth-order valence-corrected chi connectivity index (χ4v) is 2.74. The molecule has 7 heteroatoms. The first-order valence-corrected chi connectivity index (χ1v) is 8.86. The van der Waals surface area contributed by atoms with E-state index < -0.39 is 0 Å². The summed E-state index contributed by atoms with van der Waals surface area (Å²) >= 11 is 1.78. The normalized spacial score (nSPS) is 11.9. The van der Waals surface area contributed by atoms with Gasteiger partial charge in [0.25, 0.3) is 0 Å². The highest BCUT2D eigenvalue weighted by atomic mass is 32.1. The van der Waals surface area contributed by atoms with E-state index >= 15 is 0 Å². The number of hydrogen-bond acceptors (Lipinski definition) is 5. The average molecular weight is 335 g/mol. The van der Waals surface area contributed by atoms with Crippen molar-refractivity contribution in [3.8, 4) is 0 Å². The van der Waals surface area contributed by atoms with Crippen LogP contribution in [0.25, 0.3) is 0 Å². The number of nitrogens with one attached hydrogen (secondary N) is 2. The zero-order valence-electron chi connectivity index (χ0n) is 14.0. The maximum Gasteiger partial charge on any atom is 0.226 e. The van der Waals surface area contributed by atoms with Crippen molar-refractivity contribution < 1.29 is 4.52 Å². The van der Waals surface area contributed by atoms with Gasteiger partial charge in [-0.3, -0.25) is 4.99 Å². The van der Waals surface area contributed by atoms with Gasteiger partial charge in [-0.1, -0.05) is 25.1 Å². The van der Waals surface area contributed by atoms with Crippen molar-refractivity contribution in [3.63, 3.8) is 0 Å². The molecular weight excluding hydrogens is 310 g/mol. The minimum Gasteiger partial charge on any atom is -0.356 e. The molecule has 2 aromatic rings. The molecule has 0 aliphatic rings. The predicted octanol–water partition coefficient (Wildman–Crippen LogP) is 2.59. The summed E-state index contributed by atoms with van der Waals surface area (Å²) in [5.41, 5.74) is 0. The van der Waals surface area contributed by atoms with Crippen LogP contribution < -0.4 is 10.6 Å². The van der Waals surface area contributed by atoms with Crippen LogP contribution in [0.15, 0.2) is 27.0 Å².